The zero-order valence-corrected chi connectivity index (χ0v) is 16.7. The first-order chi connectivity index (χ1) is 14.1. The minimum absolute atomic E-state index is 0.201. The molecule has 1 aliphatic heterocycles. The summed E-state index contributed by atoms with van der Waals surface area (Å²) in [5.41, 5.74) is 2.50. The maximum Gasteiger partial charge on any atom is 0.123 e. The number of H-pyrrole nitrogens is 1. The molecule has 0 amide bonds. The molecule has 1 fully saturated rings. The smallest absolute Gasteiger partial charge is 0.123 e. The molecule has 2 aromatic carbocycles. The minimum Gasteiger partial charge on any atom is -0.371 e. The predicted octanol–water partition coefficient (Wildman–Crippen LogP) is 4.65. The second-order valence-corrected chi connectivity index (χ2v) is 7.96. The van der Waals surface area contributed by atoms with Gasteiger partial charge in [0.1, 0.15) is 5.82 Å². The Bertz CT molecular complexity index is 1020. The highest BCUT2D eigenvalue weighted by Gasteiger charge is 2.35. The fraction of sp³-hybridized carbons (Fsp3) is 0.364. The molecule has 3 aromatic rings. The van der Waals surface area contributed by atoms with Crippen molar-refractivity contribution in [2.24, 2.45) is 0 Å². The van der Waals surface area contributed by atoms with Crippen molar-refractivity contribution in [3.8, 4) is 6.07 Å². The number of aromatic amines is 1. The molecule has 4 rings (SSSR count). The molecule has 1 saturated heterocycles. The summed E-state index contributed by atoms with van der Waals surface area (Å²) in [6, 6.07) is 12.6. The van der Waals surface area contributed by atoms with Crippen molar-refractivity contribution in [3.05, 3.63) is 64.6 Å². The molecule has 2 N–H and O–H groups in total. The third-order valence-electron chi connectivity index (χ3n) is 5.75. The van der Waals surface area contributed by atoms with Crippen molar-refractivity contribution in [2.45, 2.75) is 30.8 Å². The lowest BCUT2D eigenvalue weighted by Crippen LogP contribution is -2.43. The number of nitrogens with one attached hydrogen (secondary N) is 2. The Balaban J connectivity index is 1.64. The van der Waals surface area contributed by atoms with Gasteiger partial charge in [0.15, 0.2) is 0 Å². The SMILES string of the molecule is N#CCC(OCC1(c2ccc(F)cc2)CCNCC1)c1cc(Cl)cc2cn[nH]c12. The van der Waals surface area contributed by atoms with Gasteiger partial charge in [-0.2, -0.15) is 10.4 Å². The van der Waals surface area contributed by atoms with Crippen molar-refractivity contribution in [2.75, 3.05) is 19.7 Å². The fourth-order valence-corrected chi connectivity index (χ4v) is 4.36. The van der Waals surface area contributed by atoms with Crippen LogP contribution in [0, 0.1) is 17.1 Å². The van der Waals surface area contributed by atoms with E-state index in [2.05, 4.69) is 21.6 Å². The number of aromatic nitrogens is 2. The molecule has 0 spiro atoms. The molecule has 0 saturated carbocycles. The fourth-order valence-electron chi connectivity index (χ4n) is 4.13. The standard InChI is InChI=1S/C22H22ClFN4O/c23-17-11-15-13-27-28-21(15)19(12-17)20(5-8-25)29-14-22(6-9-26-10-7-22)16-1-3-18(24)4-2-16/h1-4,11-13,20,26H,5-7,9-10,14H2,(H,27,28). The zero-order valence-electron chi connectivity index (χ0n) is 15.9. The van der Waals surface area contributed by atoms with Crippen LogP contribution in [0.3, 0.4) is 0 Å². The Kier molecular flexibility index (Phi) is 5.81. The number of ether oxygens (including phenoxy) is 1. The maximum atomic E-state index is 13.5. The van der Waals surface area contributed by atoms with Crippen LogP contribution >= 0.6 is 11.6 Å². The van der Waals surface area contributed by atoms with Gasteiger partial charge in [-0.3, -0.25) is 5.10 Å². The van der Waals surface area contributed by atoms with E-state index in [4.69, 9.17) is 16.3 Å². The van der Waals surface area contributed by atoms with Gasteiger partial charge in [-0.25, -0.2) is 4.39 Å². The predicted molar refractivity (Wildman–Crippen MR) is 110 cm³/mol. The summed E-state index contributed by atoms with van der Waals surface area (Å²) in [4.78, 5) is 0. The van der Waals surface area contributed by atoms with Crippen LogP contribution in [0.2, 0.25) is 5.02 Å². The van der Waals surface area contributed by atoms with Gasteiger partial charge in [0.25, 0.3) is 0 Å². The summed E-state index contributed by atoms with van der Waals surface area (Å²) in [7, 11) is 0. The Morgan fingerprint density at radius 3 is 2.72 bits per heavy atom. The van der Waals surface area contributed by atoms with E-state index in [1.165, 1.54) is 12.1 Å². The second kappa shape index (κ2) is 8.50. The number of benzene rings is 2. The first-order valence-electron chi connectivity index (χ1n) is 9.69. The molecule has 29 heavy (non-hydrogen) atoms. The molecule has 2 heterocycles. The highest BCUT2D eigenvalue weighted by Crippen LogP contribution is 2.37. The number of rotatable bonds is 6. The lowest BCUT2D eigenvalue weighted by atomic mass is 9.74. The van der Waals surface area contributed by atoms with E-state index < -0.39 is 6.10 Å². The van der Waals surface area contributed by atoms with Crippen LogP contribution in [0.5, 0.6) is 0 Å². The van der Waals surface area contributed by atoms with Crippen molar-refractivity contribution >= 4 is 22.5 Å². The van der Waals surface area contributed by atoms with E-state index in [1.807, 2.05) is 24.3 Å². The summed E-state index contributed by atoms with van der Waals surface area (Å²) < 4.78 is 19.8. The van der Waals surface area contributed by atoms with Crippen LogP contribution < -0.4 is 5.32 Å². The average Bonchev–Trinajstić information content (AvgIpc) is 3.20. The average molecular weight is 413 g/mol. The lowest BCUT2D eigenvalue weighted by molar-refractivity contribution is 0.00991. The third kappa shape index (κ3) is 4.13. The third-order valence-corrected chi connectivity index (χ3v) is 5.96. The van der Waals surface area contributed by atoms with E-state index in [1.54, 1.807) is 6.20 Å². The molecule has 0 aliphatic carbocycles. The molecule has 0 bridgehead atoms. The van der Waals surface area contributed by atoms with E-state index >= 15 is 0 Å². The van der Waals surface area contributed by atoms with Gasteiger partial charge in [0.05, 0.1) is 36.9 Å². The lowest BCUT2D eigenvalue weighted by Gasteiger charge is -2.39. The van der Waals surface area contributed by atoms with E-state index in [9.17, 15) is 9.65 Å². The van der Waals surface area contributed by atoms with Gasteiger partial charge in [-0.15, -0.1) is 0 Å². The summed E-state index contributed by atoms with van der Waals surface area (Å²) in [5, 5.41) is 21.3. The van der Waals surface area contributed by atoms with Crippen molar-refractivity contribution in [3.63, 3.8) is 0 Å². The molecule has 5 nitrogen and oxygen atoms in total. The first-order valence-corrected chi connectivity index (χ1v) is 10.1. The summed E-state index contributed by atoms with van der Waals surface area (Å²) in [6.45, 7) is 2.17. The number of halogens is 2. The Morgan fingerprint density at radius 1 is 1.24 bits per heavy atom. The van der Waals surface area contributed by atoms with Crippen LogP contribution in [-0.2, 0) is 10.2 Å². The van der Waals surface area contributed by atoms with Gasteiger partial charge in [-0.1, -0.05) is 23.7 Å². The number of piperidine rings is 1. The number of hydrogen-bond donors (Lipinski definition) is 2. The van der Waals surface area contributed by atoms with Gasteiger partial charge in [0.2, 0.25) is 0 Å². The normalized spacial score (nSPS) is 17.1. The van der Waals surface area contributed by atoms with Crippen molar-refractivity contribution in [1.82, 2.24) is 15.5 Å². The number of nitrogens with zero attached hydrogens (tertiary/aromatic N) is 2. The Morgan fingerprint density at radius 2 is 2.00 bits per heavy atom. The summed E-state index contributed by atoms with van der Waals surface area (Å²) in [5.74, 6) is -0.248. The zero-order chi connectivity index (χ0) is 20.3. The summed E-state index contributed by atoms with van der Waals surface area (Å²) >= 11 is 6.29. The van der Waals surface area contributed by atoms with Gasteiger partial charge >= 0.3 is 0 Å². The Labute approximate surface area is 173 Å². The first kappa shape index (κ1) is 19.8. The highest BCUT2D eigenvalue weighted by atomic mass is 35.5. The molecule has 1 aliphatic rings. The molecule has 1 aromatic heterocycles. The van der Waals surface area contributed by atoms with E-state index in [0.29, 0.717) is 11.6 Å². The quantitative estimate of drug-likeness (QED) is 0.618. The molecule has 7 heteroatoms. The van der Waals surface area contributed by atoms with Crippen LogP contribution in [0.1, 0.15) is 36.5 Å². The maximum absolute atomic E-state index is 13.5. The minimum atomic E-state index is -0.436. The molecule has 1 unspecified atom stereocenters. The van der Waals surface area contributed by atoms with Crippen LogP contribution in [0.4, 0.5) is 4.39 Å². The monoisotopic (exact) mass is 412 g/mol. The molecule has 0 radical (unpaired) electrons. The second-order valence-electron chi connectivity index (χ2n) is 7.53. The van der Waals surface area contributed by atoms with Crippen LogP contribution in [0.25, 0.3) is 10.9 Å². The largest absolute Gasteiger partial charge is 0.371 e. The molecular weight excluding hydrogens is 391 g/mol. The van der Waals surface area contributed by atoms with Gasteiger partial charge in [-0.05, 0) is 55.8 Å². The molecule has 1 atom stereocenters. The van der Waals surface area contributed by atoms with Gasteiger partial charge < -0.3 is 10.1 Å². The van der Waals surface area contributed by atoms with Crippen molar-refractivity contribution in [1.29, 1.82) is 5.26 Å². The highest BCUT2D eigenvalue weighted by molar-refractivity contribution is 6.31. The van der Waals surface area contributed by atoms with Crippen LogP contribution in [-0.4, -0.2) is 29.9 Å². The van der Waals surface area contributed by atoms with E-state index in [-0.39, 0.29) is 17.7 Å². The number of fused-ring (bicyclic) bond motifs is 1. The topological polar surface area (TPSA) is 73.7 Å². The van der Waals surface area contributed by atoms with Gasteiger partial charge in [0, 0.05) is 21.4 Å². The summed E-state index contributed by atoms with van der Waals surface area (Å²) in [6.07, 6.45) is 3.24. The van der Waals surface area contributed by atoms with Crippen LogP contribution in [0.15, 0.2) is 42.6 Å². The molecular formula is C22H22ClFN4O. The number of nitriles is 1. The Hall–Kier alpha value is -2.46. The molecule has 150 valence electrons. The van der Waals surface area contributed by atoms with E-state index in [0.717, 1.165) is 48.0 Å². The van der Waals surface area contributed by atoms with Crippen molar-refractivity contribution < 1.29 is 9.13 Å². The number of hydrogen-bond acceptors (Lipinski definition) is 4.